The number of sulfonamides is 1. The number of carbonyl (C=O) groups is 1. The Kier molecular flexibility index (Phi) is 7.06. The third kappa shape index (κ3) is 5.20. The number of amides is 1. The second-order valence-electron chi connectivity index (χ2n) is 5.76. The third-order valence-corrected chi connectivity index (χ3v) is 6.34. The van der Waals surface area contributed by atoms with Crippen LogP contribution in [0.3, 0.4) is 0 Å². The molecule has 0 unspecified atom stereocenters. The summed E-state index contributed by atoms with van der Waals surface area (Å²) in [5.74, 6) is -0.409. The second kappa shape index (κ2) is 8.86. The van der Waals surface area contributed by atoms with Crippen molar-refractivity contribution >= 4 is 39.1 Å². The van der Waals surface area contributed by atoms with Gasteiger partial charge >= 0.3 is 0 Å². The van der Waals surface area contributed by atoms with Crippen molar-refractivity contribution in [2.45, 2.75) is 25.3 Å². The summed E-state index contributed by atoms with van der Waals surface area (Å²) in [4.78, 5) is 12.4. The zero-order valence-electron chi connectivity index (χ0n) is 14.5. The van der Waals surface area contributed by atoms with Gasteiger partial charge in [0.2, 0.25) is 15.9 Å². The number of hydrogen-bond acceptors (Lipinski definition) is 3. The summed E-state index contributed by atoms with van der Waals surface area (Å²) in [6.07, 6.45) is 0. The predicted molar refractivity (Wildman–Crippen MR) is 104 cm³/mol. The summed E-state index contributed by atoms with van der Waals surface area (Å²) >= 11 is 11.9. The number of rotatable bonds is 7. The summed E-state index contributed by atoms with van der Waals surface area (Å²) in [6.45, 7) is 3.68. The fraction of sp³-hybridized carbons (Fsp3) is 0.278. The Morgan fingerprint density at radius 3 is 2.35 bits per heavy atom. The first-order valence-corrected chi connectivity index (χ1v) is 10.2. The molecule has 1 N–H and O–H groups in total. The van der Waals surface area contributed by atoms with Crippen LogP contribution in [0.4, 0.5) is 0 Å². The molecule has 1 amide bonds. The minimum absolute atomic E-state index is 0.165. The maximum Gasteiger partial charge on any atom is 0.243 e. The summed E-state index contributed by atoms with van der Waals surface area (Å²) in [5, 5.41) is 3.63. The van der Waals surface area contributed by atoms with Crippen molar-refractivity contribution in [3.05, 3.63) is 63.6 Å². The van der Waals surface area contributed by atoms with Crippen molar-refractivity contribution in [1.82, 2.24) is 9.62 Å². The lowest BCUT2D eigenvalue weighted by Gasteiger charge is -2.20. The van der Waals surface area contributed by atoms with Gasteiger partial charge in [0.25, 0.3) is 0 Å². The average Bonchev–Trinajstić information content (AvgIpc) is 2.59. The Morgan fingerprint density at radius 1 is 1.12 bits per heavy atom. The Labute approximate surface area is 164 Å². The minimum atomic E-state index is -3.73. The smallest absolute Gasteiger partial charge is 0.243 e. The first-order valence-electron chi connectivity index (χ1n) is 8.01. The van der Waals surface area contributed by atoms with E-state index in [1.807, 2.05) is 6.92 Å². The molecular formula is C18H20Cl2N2O3S. The molecule has 0 aliphatic carbocycles. The molecule has 2 rings (SSSR count). The quantitative estimate of drug-likeness (QED) is 0.751. The number of benzene rings is 2. The fourth-order valence-electron chi connectivity index (χ4n) is 2.30. The molecular weight excluding hydrogens is 395 g/mol. The number of hydrogen-bond donors (Lipinski definition) is 1. The summed E-state index contributed by atoms with van der Waals surface area (Å²) in [7, 11) is -3.73. The van der Waals surface area contributed by atoms with Gasteiger partial charge in [-0.25, -0.2) is 8.42 Å². The van der Waals surface area contributed by atoms with Gasteiger partial charge in [0.1, 0.15) is 0 Å². The zero-order chi connectivity index (χ0) is 19.3. The van der Waals surface area contributed by atoms with Crippen molar-refractivity contribution in [2.24, 2.45) is 0 Å². The summed E-state index contributed by atoms with van der Waals surface area (Å²) < 4.78 is 26.5. The SMILES string of the molecule is CCN(CC(=O)NCc1ccc(Cl)cc1Cl)S(=O)(=O)c1ccc(C)cc1. The van der Waals surface area contributed by atoms with Gasteiger partial charge in [0.15, 0.2) is 0 Å². The van der Waals surface area contributed by atoms with Crippen molar-refractivity contribution in [3.8, 4) is 0 Å². The lowest BCUT2D eigenvalue weighted by molar-refractivity contribution is -0.121. The molecule has 5 nitrogen and oxygen atoms in total. The van der Waals surface area contributed by atoms with E-state index in [4.69, 9.17) is 23.2 Å². The van der Waals surface area contributed by atoms with Crippen LogP contribution in [0.2, 0.25) is 10.0 Å². The standard InChI is InChI=1S/C18H20Cl2N2O3S/c1-3-22(26(24,25)16-8-4-13(2)5-9-16)12-18(23)21-11-14-6-7-15(19)10-17(14)20/h4-10H,3,11-12H2,1-2H3,(H,21,23). The molecule has 0 heterocycles. The third-order valence-electron chi connectivity index (χ3n) is 3.82. The van der Waals surface area contributed by atoms with Crippen molar-refractivity contribution < 1.29 is 13.2 Å². The van der Waals surface area contributed by atoms with E-state index < -0.39 is 15.9 Å². The van der Waals surface area contributed by atoms with Gasteiger partial charge in [0.05, 0.1) is 11.4 Å². The maximum absolute atomic E-state index is 12.7. The van der Waals surface area contributed by atoms with E-state index in [0.29, 0.717) is 15.6 Å². The number of likely N-dealkylation sites (N-methyl/N-ethyl adjacent to an activating group) is 1. The van der Waals surface area contributed by atoms with E-state index in [1.54, 1.807) is 49.4 Å². The highest BCUT2D eigenvalue weighted by Gasteiger charge is 2.25. The maximum atomic E-state index is 12.7. The molecule has 0 radical (unpaired) electrons. The average molecular weight is 415 g/mol. The van der Waals surface area contributed by atoms with E-state index in [-0.39, 0.29) is 24.5 Å². The Hall–Kier alpha value is -1.60. The van der Waals surface area contributed by atoms with Gasteiger partial charge in [-0.2, -0.15) is 4.31 Å². The normalized spacial score (nSPS) is 11.6. The molecule has 0 saturated carbocycles. The Balaban J connectivity index is 2.04. The predicted octanol–water partition coefficient (Wildman–Crippen LogP) is 3.63. The monoisotopic (exact) mass is 414 g/mol. The van der Waals surface area contributed by atoms with Crippen LogP contribution in [-0.2, 0) is 21.4 Å². The molecule has 2 aromatic rings. The van der Waals surface area contributed by atoms with Gasteiger partial charge < -0.3 is 5.32 Å². The number of nitrogens with zero attached hydrogens (tertiary/aromatic N) is 1. The molecule has 26 heavy (non-hydrogen) atoms. The second-order valence-corrected chi connectivity index (χ2v) is 8.54. The van der Waals surface area contributed by atoms with E-state index in [9.17, 15) is 13.2 Å². The molecule has 0 aliphatic rings. The molecule has 0 bridgehead atoms. The first kappa shape index (κ1) is 20.7. The first-order chi connectivity index (χ1) is 12.2. The molecule has 8 heteroatoms. The van der Waals surface area contributed by atoms with Gasteiger partial charge in [-0.1, -0.05) is 53.9 Å². The fourth-order valence-corrected chi connectivity index (χ4v) is 4.18. The topological polar surface area (TPSA) is 66.5 Å². The Bertz CT molecular complexity index is 884. The van der Waals surface area contributed by atoms with Crippen molar-refractivity contribution in [3.63, 3.8) is 0 Å². The molecule has 140 valence electrons. The van der Waals surface area contributed by atoms with Gasteiger partial charge in [-0.3, -0.25) is 4.79 Å². The van der Waals surface area contributed by atoms with Crippen LogP contribution in [0.1, 0.15) is 18.1 Å². The van der Waals surface area contributed by atoms with Crippen LogP contribution in [0, 0.1) is 6.92 Å². The van der Waals surface area contributed by atoms with Crippen LogP contribution < -0.4 is 5.32 Å². The summed E-state index contributed by atoms with van der Waals surface area (Å²) in [5.41, 5.74) is 1.67. The zero-order valence-corrected chi connectivity index (χ0v) is 16.8. The lowest BCUT2D eigenvalue weighted by Crippen LogP contribution is -2.40. The molecule has 2 aromatic carbocycles. The van der Waals surface area contributed by atoms with E-state index >= 15 is 0 Å². The highest BCUT2D eigenvalue weighted by atomic mass is 35.5. The number of halogens is 2. The van der Waals surface area contributed by atoms with Gasteiger partial charge in [-0.15, -0.1) is 0 Å². The van der Waals surface area contributed by atoms with Crippen LogP contribution in [-0.4, -0.2) is 31.7 Å². The molecule has 0 fully saturated rings. The minimum Gasteiger partial charge on any atom is -0.351 e. The van der Waals surface area contributed by atoms with Crippen LogP contribution in [0.5, 0.6) is 0 Å². The summed E-state index contributed by atoms with van der Waals surface area (Å²) in [6, 6.07) is 11.5. The van der Waals surface area contributed by atoms with E-state index in [2.05, 4.69) is 5.32 Å². The van der Waals surface area contributed by atoms with Gasteiger partial charge in [0, 0.05) is 23.1 Å². The Morgan fingerprint density at radius 2 is 1.77 bits per heavy atom. The molecule has 0 atom stereocenters. The van der Waals surface area contributed by atoms with Crippen LogP contribution in [0.25, 0.3) is 0 Å². The van der Waals surface area contributed by atoms with E-state index in [0.717, 1.165) is 9.87 Å². The number of nitrogens with one attached hydrogen (secondary N) is 1. The molecule has 0 spiro atoms. The lowest BCUT2D eigenvalue weighted by atomic mass is 10.2. The van der Waals surface area contributed by atoms with Gasteiger partial charge in [-0.05, 0) is 36.8 Å². The largest absolute Gasteiger partial charge is 0.351 e. The van der Waals surface area contributed by atoms with E-state index in [1.165, 1.54) is 0 Å². The highest BCUT2D eigenvalue weighted by molar-refractivity contribution is 7.89. The van der Waals surface area contributed by atoms with Crippen LogP contribution >= 0.6 is 23.2 Å². The highest BCUT2D eigenvalue weighted by Crippen LogP contribution is 2.21. The van der Waals surface area contributed by atoms with Crippen molar-refractivity contribution in [2.75, 3.05) is 13.1 Å². The molecule has 0 saturated heterocycles. The van der Waals surface area contributed by atoms with Crippen molar-refractivity contribution in [1.29, 1.82) is 0 Å². The number of aryl methyl sites for hydroxylation is 1. The van der Waals surface area contributed by atoms with Crippen LogP contribution in [0.15, 0.2) is 47.4 Å². The molecule has 0 aromatic heterocycles. The molecule has 0 aliphatic heterocycles. The number of carbonyl (C=O) groups excluding carboxylic acids is 1.